The van der Waals surface area contributed by atoms with Crippen molar-refractivity contribution in [3.05, 3.63) is 66.7 Å². The van der Waals surface area contributed by atoms with E-state index in [0.717, 1.165) is 41.9 Å². The summed E-state index contributed by atoms with van der Waals surface area (Å²) >= 11 is 0. The fourth-order valence-corrected chi connectivity index (χ4v) is 4.34. The maximum atomic E-state index is 5.83. The number of aromatic nitrogens is 4. The van der Waals surface area contributed by atoms with Crippen LogP contribution in [0.5, 0.6) is 17.2 Å². The molecule has 0 bridgehead atoms. The van der Waals surface area contributed by atoms with Crippen LogP contribution in [0.25, 0.3) is 10.9 Å². The van der Waals surface area contributed by atoms with E-state index in [2.05, 4.69) is 36.7 Å². The van der Waals surface area contributed by atoms with Crippen LogP contribution in [0.1, 0.15) is 12.5 Å². The lowest BCUT2D eigenvalue weighted by molar-refractivity contribution is 0.303. The monoisotopic (exact) mass is 472 g/mol. The molecule has 0 unspecified atom stereocenters. The maximum absolute atomic E-state index is 5.83. The summed E-state index contributed by atoms with van der Waals surface area (Å²) in [7, 11) is 3.25. The normalized spacial score (nSPS) is 15.8. The Morgan fingerprint density at radius 2 is 1.66 bits per heavy atom. The standard InChI is InChI=1S/C26H28N6O3/c1-18-15-31(25-21-11-23(33-2)24(34-3)12-22(21)29-17-30-25)9-10-32(18)26-27-13-20(14-28-26)35-16-19-7-5-4-6-8-19/h4-8,11-14,17-18H,9-10,15-16H2,1-3H3/t18-/m1/s1. The molecule has 0 spiro atoms. The molecule has 1 atom stereocenters. The number of fused-ring (bicyclic) bond motifs is 1. The largest absolute Gasteiger partial charge is 0.493 e. The van der Waals surface area contributed by atoms with E-state index in [1.54, 1.807) is 32.9 Å². The Bertz CT molecular complexity index is 1290. The molecule has 2 aromatic heterocycles. The van der Waals surface area contributed by atoms with Crippen LogP contribution in [0.2, 0.25) is 0 Å². The van der Waals surface area contributed by atoms with Gasteiger partial charge in [-0.15, -0.1) is 0 Å². The molecule has 0 N–H and O–H groups in total. The minimum absolute atomic E-state index is 0.185. The lowest BCUT2D eigenvalue weighted by Gasteiger charge is -2.40. The van der Waals surface area contributed by atoms with Gasteiger partial charge in [0, 0.05) is 37.1 Å². The summed E-state index contributed by atoms with van der Waals surface area (Å²) in [5.41, 5.74) is 1.92. The predicted octanol–water partition coefficient (Wildman–Crippen LogP) is 3.73. The minimum atomic E-state index is 0.185. The Morgan fingerprint density at radius 3 is 2.37 bits per heavy atom. The van der Waals surface area contributed by atoms with Crippen LogP contribution in [-0.4, -0.2) is 59.8 Å². The highest BCUT2D eigenvalue weighted by Gasteiger charge is 2.27. The molecule has 0 saturated carbocycles. The molecule has 0 aliphatic carbocycles. The van der Waals surface area contributed by atoms with E-state index in [9.17, 15) is 0 Å². The molecule has 0 radical (unpaired) electrons. The fraction of sp³-hybridized carbons (Fsp3) is 0.308. The molecule has 180 valence electrons. The van der Waals surface area contributed by atoms with Crippen molar-refractivity contribution in [1.29, 1.82) is 0 Å². The molecule has 1 saturated heterocycles. The van der Waals surface area contributed by atoms with Gasteiger partial charge in [-0.2, -0.15) is 0 Å². The van der Waals surface area contributed by atoms with Crippen molar-refractivity contribution in [2.75, 3.05) is 43.7 Å². The van der Waals surface area contributed by atoms with Gasteiger partial charge in [0.1, 0.15) is 18.8 Å². The lowest BCUT2D eigenvalue weighted by Crippen LogP contribution is -2.53. The number of methoxy groups -OCH3 is 2. The topological polar surface area (TPSA) is 85.7 Å². The molecule has 2 aromatic carbocycles. The van der Waals surface area contributed by atoms with Crippen molar-refractivity contribution in [3.8, 4) is 17.2 Å². The van der Waals surface area contributed by atoms with E-state index in [0.29, 0.717) is 29.8 Å². The number of nitrogens with zero attached hydrogens (tertiary/aromatic N) is 6. The molecule has 1 aliphatic heterocycles. The Labute approximate surface area is 204 Å². The van der Waals surface area contributed by atoms with Crippen LogP contribution < -0.4 is 24.0 Å². The highest BCUT2D eigenvalue weighted by molar-refractivity contribution is 5.92. The molecule has 9 nitrogen and oxygen atoms in total. The first kappa shape index (κ1) is 22.6. The van der Waals surface area contributed by atoms with Crippen LogP contribution in [0, 0.1) is 0 Å². The van der Waals surface area contributed by atoms with Crippen molar-refractivity contribution < 1.29 is 14.2 Å². The van der Waals surface area contributed by atoms with E-state index >= 15 is 0 Å². The van der Waals surface area contributed by atoms with Gasteiger partial charge < -0.3 is 24.0 Å². The summed E-state index contributed by atoms with van der Waals surface area (Å²) in [5.74, 6) is 3.54. The molecule has 3 heterocycles. The molecule has 4 aromatic rings. The number of benzene rings is 2. The second kappa shape index (κ2) is 10.0. The summed E-state index contributed by atoms with van der Waals surface area (Å²) in [4.78, 5) is 22.7. The number of rotatable bonds is 7. The first-order chi connectivity index (χ1) is 17.2. The van der Waals surface area contributed by atoms with Crippen LogP contribution in [0.3, 0.4) is 0 Å². The first-order valence-electron chi connectivity index (χ1n) is 11.5. The molecule has 35 heavy (non-hydrogen) atoms. The smallest absolute Gasteiger partial charge is 0.225 e. The lowest BCUT2D eigenvalue weighted by atomic mass is 10.1. The van der Waals surface area contributed by atoms with E-state index in [4.69, 9.17) is 14.2 Å². The summed E-state index contributed by atoms with van der Waals surface area (Å²) in [5, 5.41) is 0.932. The average molecular weight is 473 g/mol. The maximum Gasteiger partial charge on any atom is 0.225 e. The molecular weight excluding hydrogens is 444 g/mol. The number of ether oxygens (including phenoxy) is 3. The Balaban J connectivity index is 1.28. The third kappa shape index (κ3) is 4.75. The zero-order valence-electron chi connectivity index (χ0n) is 20.1. The quantitative estimate of drug-likeness (QED) is 0.399. The van der Waals surface area contributed by atoms with Crippen molar-refractivity contribution >= 4 is 22.7 Å². The average Bonchev–Trinajstić information content (AvgIpc) is 2.91. The highest BCUT2D eigenvalue weighted by Crippen LogP contribution is 2.35. The van der Waals surface area contributed by atoms with Gasteiger partial charge in [0.2, 0.25) is 5.95 Å². The third-order valence-corrected chi connectivity index (χ3v) is 6.17. The number of piperazine rings is 1. The van der Waals surface area contributed by atoms with Crippen molar-refractivity contribution in [2.24, 2.45) is 0 Å². The Kier molecular flexibility index (Phi) is 6.47. The molecule has 5 rings (SSSR count). The van der Waals surface area contributed by atoms with Crippen molar-refractivity contribution in [2.45, 2.75) is 19.6 Å². The SMILES string of the molecule is COc1cc2ncnc(N3CCN(c4ncc(OCc5ccccc5)cn4)[C@H](C)C3)c2cc1OC. The molecule has 9 heteroatoms. The number of hydrogen-bond donors (Lipinski definition) is 0. The van der Waals surface area contributed by atoms with Crippen LogP contribution in [0.4, 0.5) is 11.8 Å². The Morgan fingerprint density at radius 1 is 0.914 bits per heavy atom. The number of anilines is 2. The second-order valence-electron chi connectivity index (χ2n) is 8.40. The van der Waals surface area contributed by atoms with Gasteiger partial charge in [0.05, 0.1) is 32.1 Å². The van der Waals surface area contributed by atoms with Crippen molar-refractivity contribution in [1.82, 2.24) is 19.9 Å². The van der Waals surface area contributed by atoms with Crippen LogP contribution >= 0.6 is 0 Å². The van der Waals surface area contributed by atoms with Crippen molar-refractivity contribution in [3.63, 3.8) is 0 Å². The van der Waals surface area contributed by atoms with Gasteiger partial charge in [-0.05, 0) is 18.6 Å². The predicted molar refractivity (Wildman–Crippen MR) is 134 cm³/mol. The zero-order chi connectivity index (χ0) is 24.2. The van der Waals surface area contributed by atoms with Gasteiger partial charge in [0.25, 0.3) is 0 Å². The minimum Gasteiger partial charge on any atom is -0.493 e. The number of hydrogen-bond acceptors (Lipinski definition) is 9. The second-order valence-corrected chi connectivity index (χ2v) is 8.40. The van der Waals surface area contributed by atoms with Gasteiger partial charge >= 0.3 is 0 Å². The first-order valence-corrected chi connectivity index (χ1v) is 11.5. The summed E-state index contributed by atoms with van der Waals surface area (Å²) in [6, 6.07) is 14.1. The van der Waals surface area contributed by atoms with Gasteiger partial charge in [-0.3, -0.25) is 0 Å². The van der Waals surface area contributed by atoms with Gasteiger partial charge in [-0.25, -0.2) is 19.9 Å². The summed E-state index contributed by atoms with van der Waals surface area (Å²) in [6.07, 6.45) is 5.07. The van der Waals surface area contributed by atoms with Crippen LogP contribution in [-0.2, 0) is 6.61 Å². The third-order valence-electron chi connectivity index (χ3n) is 6.17. The summed E-state index contributed by atoms with van der Waals surface area (Å²) < 4.78 is 16.8. The Hall–Kier alpha value is -4.14. The van der Waals surface area contributed by atoms with E-state index < -0.39 is 0 Å². The zero-order valence-corrected chi connectivity index (χ0v) is 20.1. The fourth-order valence-electron chi connectivity index (χ4n) is 4.34. The molecular formula is C26H28N6O3. The van der Waals surface area contributed by atoms with Gasteiger partial charge in [0.15, 0.2) is 17.2 Å². The summed E-state index contributed by atoms with van der Waals surface area (Å²) in [6.45, 7) is 4.98. The highest BCUT2D eigenvalue weighted by atomic mass is 16.5. The molecule has 1 fully saturated rings. The molecule has 0 amide bonds. The van der Waals surface area contributed by atoms with E-state index in [-0.39, 0.29) is 6.04 Å². The van der Waals surface area contributed by atoms with E-state index in [1.807, 2.05) is 42.5 Å². The van der Waals surface area contributed by atoms with Gasteiger partial charge in [-0.1, -0.05) is 30.3 Å². The molecule has 1 aliphatic rings. The van der Waals surface area contributed by atoms with Crippen LogP contribution in [0.15, 0.2) is 61.2 Å². The van der Waals surface area contributed by atoms with E-state index in [1.165, 1.54) is 0 Å².